The number of nitrogens with one attached hydrogen (secondary N) is 1. The van der Waals surface area contributed by atoms with E-state index in [9.17, 15) is 4.79 Å². The molecule has 0 aliphatic carbocycles. The number of hydrogen-bond acceptors (Lipinski definition) is 5. The number of amides is 1. The summed E-state index contributed by atoms with van der Waals surface area (Å²) < 4.78 is 15.5. The molecule has 2 aromatic rings. The number of ether oxygens (including phenoxy) is 2. The molecule has 2 heterocycles. The number of hydrogen-bond donors (Lipinski definition) is 1. The van der Waals surface area contributed by atoms with Crippen LogP contribution in [0, 0.1) is 6.92 Å². The predicted octanol–water partition coefficient (Wildman–Crippen LogP) is 2.20. The van der Waals surface area contributed by atoms with Crippen molar-refractivity contribution in [3.8, 4) is 11.5 Å². The van der Waals surface area contributed by atoms with Crippen molar-refractivity contribution < 1.29 is 18.8 Å². The quantitative estimate of drug-likeness (QED) is 0.928. The van der Waals surface area contributed by atoms with Gasteiger partial charge in [0.1, 0.15) is 0 Å². The molecule has 3 rings (SSSR count). The van der Waals surface area contributed by atoms with Gasteiger partial charge in [-0.25, -0.2) is 0 Å². The van der Waals surface area contributed by atoms with Gasteiger partial charge in [0, 0.05) is 6.07 Å². The van der Waals surface area contributed by atoms with Crippen molar-refractivity contribution in [3.63, 3.8) is 0 Å². The van der Waals surface area contributed by atoms with E-state index in [2.05, 4.69) is 10.5 Å². The third-order valence-corrected chi connectivity index (χ3v) is 3.10. The smallest absolute Gasteiger partial charge is 0.290 e. The lowest BCUT2D eigenvalue weighted by Crippen LogP contribution is -2.26. The largest absolute Gasteiger partial charge is 0.454 e. The van der Waals surface area contributed by atoms with Crippen LogP contribution >= 0.6 is 0 Å². The fourth-order valence-corrected chi connectivity index (χ4v) is 2.00. The molecule has 0 radical (unpaired) electrons. The Labute approximate surface area is 115 Å². The first-order chi connectivity index (χ1) is 9.63. The van der Waals surface area contributed by atoms with Gasteiger partial charge in [0.25, 0.3) is 5.91 Å². The zero-order chi connectivity index (χ0) is 14.1. The highest BCUT2D eigenvalue weighted by Crippen LogP contribution is 2.34. The summed E-state index contributed by atoms with van der Waals surface area (Å²) in [6, 6.07) is 7.01. The van der Waals surface area contributed by atoms with Crippen LogP contribution in [-0.4, -0.2) is 17.9 Å². The van der Waals surface area contributed by atoms with Crippen LogP contribution in [0.25, 0.3) is 0 Å². The van der Waals surface area contributed by atoms with Crippen molar-refractivity contribution in [3.05, 3.63) is 41.3 Å². The molecular formula is C14H14N2O4. The maximum absolute atomic E-state index is 12.0. The van der Waals surface area contributed by atoms with E-state index in [1.54, 1.807) is 13.0 Å². The van der Waals surface area contributed by atoms with Gasteiger partial charge in [-0.05, 0) is 31.5 Å². The zero-order valence-electron chi connectivity index (χ0n) is 11.2. The van der Waals surface area contributed by atoms with Gasteiger partial charge in [-0.3, -0.25) is 4.79 Å². The van der Waals surface area contributed by atoms with E-state index >= 15 is 0 Å². The van der Waals surface area contributed by atoms with E-state index in [0.29, 0.717) is 11.4 Å². The summed E-state index contributed by atoms with van der Waals surface area (Å²) in [5.74, 6) is 1.32. The van der Waals surface area contributed by atoms with Crippen LogP contribution in [0.1, 0.15) is 34.8 Å². The van der Waals surface area contributed by atoms with Gasteiger partial charge in [-0.2, -0.15) is 0 Å². The van der Waals surface area contributed by atoms with E-state index in [1.807, 2.05) is 25.1 Å². The van der Waals surface area contributed by atoms with Crippen molar-refractivity contribution in [1.29, 1.82) is 0 Å². The Kier molecular flexibility index (Phi) is 3.06. The molecule has 1 amide bonds. The Hall–Kier alpha value is -2.50. The molecule has 20 heavy (non-hydrogen) atoms. The number of nitrogens with zero attached hydrogens (tertiary/aromatic N) is 1. The highest BCUT2D eigenvalue weighted by atomic mass is 16.7. The number of rotatable bonds is 3. The van der Waals surface area contributed by atoms with Gasteiger partial charge in [0.2, 0.25) is 12.6 Å². The third-order valence-electron chi connectivity index (χ3n) is 3.10. The van der Waals surface area contributed by atoms with Crippen molar-refractivity contribution in [2.45, 2.75) is 19.9 Å². The van der Waals surface area contributed by atoms with Crippen molar-refractivity contribution in [2.75, 3.05) is 6.79 Å². The lowest BCUT2D eigenvalue weighted by atomic mass is 10.1. The summed E-state index contributed by atoms with van der Waals surface area (Å²) in [5.41, 5.74) is 1.60. The molecular weight excluding hydrogens is 260 g/mol. The maximum Gasteiger partial charge on any atom is 0.290 e. The third kappa shape index (κ3) is 2.32. The molecule has 0 fully saturated rings. The number of carbonyl (C=O) groups excluding carboxylic acids is 1. The minimum absolute atomic E-state index is 0.178. The molecule has 1 atom stereocenters. The summed E-state index contributed by atoms with van der Waals surface area (Å²) in [6.07, 6.45) is 0. The van der Waals surface area contributed by atoms with Crippen LogP contribution in [0.3, 0.4) is 0 Å². The van der Waals surface area contributed by atoms with E-state index in [1.165, 1.54) is 0 Å². The van der Waals surface area contributed by atoms with Crippen molar-refractivity contribution in [1.82, 2.24) is 10.5 Å². The lowest BCUT2D eigenvalue weighted by Gasteiger charge is -2.13. The second-order valence-corrected chi connectivity index (χ2v) is 4.64. The lowest BCUT2D eigenvalue weighted by molar-refractivity contribution is 0.0902. The van der Waals surface area contributed by atoms with Crippen LogP contribution in [0.4, 0.5) is 0 Å². The Morgan fingerprint density at radius 1 is 1.30 bits per heavy atom. The molecule has 1 aliphatic rings. The van der Waals surface area contributed by atoms with Crippen LogP contribution in [0.5, 0.6) is 11.5 Å². The van der Waals surface area contributed by atoms with Crippen molar-refractivity contribution >= 4 is 5.91 Å². The molecule has 0 saturated heterocycles. The topological polar surface area (TPSA) is 73.6 Å². The number of benzene rings is 1. The van der Waals surface area contributed by atoms with Gasteiger partial charge in [-0.15, -0.1) is 0 Å². The Balaban J connectivity index is 1.73. The molecule has 1 aromatic carbocycles. The summed E-state index contributed by atoms with van der Waals surface area (Å²) in [7, 11) is 0. The van der Waals surface area contributed by atoms with Crippen LogP contribution in [0.2, 0.25) is 0 Å². The Morgan fingerprint density at radius 3 is 2.85 bits per heavy atom. The van der Waals surface area contributed by atoms with E-state index < -0.39 is 0 Å². The van der Waals surface area contributed by atoms with Crippen LogP contribution < -0.4 is 14.8 Å². The highest BCUT2D eigenvalue weighted by molar-refractivity contribution is 5.91. The summed E-state index contributed by atoms with van der Waals surface area (Å²) in [5, 5.41) is 6.54. The second-order valence-electron chi connectivity index (χ2n) is 4.64. The highest BCUT2D eigenvalue weighted by Gasteiger charge is 2.18. The minimum Gasteiger partial charge on any atom is -0.454 e. The number of aromatic nitrogens is 1. The number of fused-ring (bicyclic) bond motifs is 1. The fourth-order valence-electron chi connectivity index (χ4n) is 2.00. The summed E-state index contributed by atoms with van der Waals surface area (Å²) >= 11 is 0. The normalized spacial score (nSPS) is 14.1. The first-order valence-electron chi connectivity index (χ1n) is 6.27. The predicted molar refractivity (Wildman–Crippen MR) is 69.7 cm³/mol. The first-order valence-corrected chi connectivity index (χ1v) is 6.27. The molecule has 1 unspecified atom stereocenters. The monoisotopic (exact) mass is 274 g/mol. The molecule has 6 nitrogen and oxygen atoms in total. The van der Waals surface area contributed by atoms with E-state index in [-0.39, 0.29) is 24.5 Å². The standard InChI is InChI=1S/C14H14N2O4/c1-8-5-13(20-16-8)14(17)15-9(2)10-3-4-11-12(6-10)19-7-18-11/h3-6,9H,7H2,1-2H3,(H,15,17). The van der Waals surface area contributed by atoms with Gasteiger partial charge in [0.15, 0.2) is 11.5 Å². The average molecular weight is 274 g/mol. The molecule has 1 aliphatic heterocycles. The van der Waals surface area contributed by atoms with Gasteiger partial charge < -0.3 is 19.3 Å². The second kappa shape index (κ2) is 4.88. The van der Waals surface area contributed by atoms with Crippen molar-refractivity contribution in [2.24, 2.45) is 0 Å². The molecule has 1 N–H and O–H groups in total. The number of carbonyl (C=O) groups is 1. The van der Waals surface area contributed by atoms with E-state index in [4.69, 9.17) is 14.0 Å². The Morgan fingerprint density at radius 2 is 2.10 bits per heavy atom. The van der Waals surface area contributed by atoms with Crippen LogP contribution in [0.15, 0.2) is 28.8 Å². The van der Waals surface area contributed by atoms with Gasteiger partial charge in [-0.1, -0.05) is 11.2 Å². The molecule has 0 spiro atoms. The summed E-state index contributed by atoms with van der Waals surface area (Å²) in [6.45, 7) is 3.89. The molecule has 1 aromatic heterocycles. The minimum atomic E-state index is -0.296. The number of aryl methyl sites for hydroxylation is 1. The SMILES string of the molecule is Cc1cc(C(=O)NC(C)c2ccc3c(c2)OCO3)on1. The Bertz CT molecular complexity index is 650. The molecule has 0 bridgehead atoms. The summed E-state index contributed by atoms with van der Waals surface area (Å²) in [4.78, 5) is 12.0. The van der Waals surface area contributed by atoms with E-state index in [0.717, 1.165) is 11.3 Å². The first kappa shape index (κ1) is 12.5. The zero-order valence-corrected chi connectivity index (χ0v) is 11.2. The maximum atomic E-state index is 12.0. The average Bonchev–Trinajstić information content (AvgIpc) is 3.05. The molecule has 0 saturated carbocycles. The molecule has 6 heteroatoms. The fraction of sp³-hybridized carbons (Fsp3) is 0.286. The van der Waals surface area contributed by atoms with Gasteiger partial charge in [0.05, 0.1) is 11.7 Å². The van der Waals surface area contributed by atoms with Gasteiger partial charge >= 0.3 is 0 Å². The molecule has 104 valence electrons. The van der Waals surface area contributed by atoms with Crippen LogP contribution in [-0.2, 0) is 0 Å².